The lowest BCUT2D eigenvalue weighted by Crippen LogP contribution is -2.50. The summed E-state index contributed by atoms with van der Waals surface area (Å²) in [6.07, 6.45) is 2.90. The van der Waals surface area contributed by atoms with Crippen molar-refractivity contribution < 1.29 is 29.5 Å². The lowest BCUT2D eigenvalue weighted by molar-refractivity contribution is 0.0920. The first-order valence-corrected chi connectivity index (χ1v) is 12.2. The first kappa shape index (κ1) is 22.4. The topological polar surface area (TPSA) is 98.3 Å². The van der Waals surface area contributed by atoms with E-state index in [1.165, 1.54) is 0 Å². The second-order valence-corrected chi connectivity index (χ2v) is 10.1. The van der Waals surface area contributed by atoms with Gasteiger partial charge in [-0.15, -0.1) is 0 Å². The second kappa shape index (κ2) is 8.55. The molecule has 3 aliphatic heterocycles. The van der Waals surface area contributed by atoms with Crippen molar-refractivity contribution in [2.24, 2.45) is 5.41 Å². The zero-order valence-corrected chi connectivity index (χ0v) is 19.5. The standard InChI is InChI=1S/C29H30O6/c30-22-7-1-19(2-8-22)29(20-3-9-23(31)10-4-20,21-5-11-24(32)12-6-21)28(13-25-16-33-25,14-26-17-34-26)15-27-18-35-27/h1-12,25-27,30-32H,13-18H2. The predicted molar refractivity (Wildman–Crippen MR) is 130 cm³/mol. The average molecular weight is 475 g/mol. The normalized spacial score (nSPS) is 24.5. The molecule has 0 bridgehead atoms. The molecule has 3 aromatic rings. The Morgan fingerprint density at radius 3 is 1.00 bits per heavy atom. The van der Waals surface area contributed by atoms with Crippen molar-refractivity contribution >= 4 is 0 Å². The first-order valence-electron chi connectivity index (χ1n) is 12.2. The highest BCUT2D eigenvalue weighted by Gasteiger charge is 2.59. The molecule has 3 aromatic carbocycles. The van der Waals surface area contributed by atoms with Gasteiger partial charge in [-0.3, -0.25) is 0 Å². The van der Waals surface area contributed by atoms with Crippen LogP contribution in [0.2, 0.25) is 0 Å². The van der Waals surface area contributed by atoms with Crippen molar-refractivity contribution in [1.29, 1.82) is 0 Å². The van der Waals surface area contributed by atoms with Crippen molar-refractivity contribution in [2.45, 2.75) is 43.0 Å². The number of aromatic hydroxyl groups is 3. The summed E-state index contributed by atoms with van der Waals surface area (Å²) in [5.74, 6) is 0.601. The highest BCUT2D eigenvalue weighted by atomic mass is 16.6. The molecule has 0 saturated carbocycles. The smallest absolute Gasteiger partial charge is 0.115 e. The van der Waals surface area contributed by atoms with Gasteiger partial charge in [0.15, 0.2) is 0 Å². The molecule has 0 radical (unpaired) electrons. The minimum absolute atomic E-state index is 0.151. The van der Waals surface area contributed by atoms with E-state index in [0.717, 1.165) is 55.8 Å². The summed E-state index contributed by atoms with van der Waals surface area (Å²) in [6, 6.07) is 22.3. The van der Waals surface area contributed by atoms with Crippen LogP contribution in [0, 0.1) is 5.41 Å². The van der Waals surface area contributed by atoms with E-state index < -0.39 is 5.41 Å². The van der Waals surface area contributed by atoms with Gasteiger partial charge in [0.2, 0.25) is 0 Å². The predicted octanol–water partition coefficient (Wildman–Crippen LogP) is 4.49. The van der Waals surface area contributed by atoms with Crippen LogP contribution < -0.4 is 0 Å². The summed E-state index contributed by atoms with van der Waals surface area (Å²) in [7, 11) is 0. The number of phenolic OH excluding ortho intramolecular Hbond substituents is 3. The summed E-state index contributed by atoms with van der Waals surface area (Å²) in [6.45, 7) is 2.20. The lowest BCUT2D eigenvalue weighted by Gasteiger charge is -2.53. The number of rotatable bonds is 10. The third-order valence-corrected chi connectivity index (χ3v) is 7.76. The van der Waals surface area contributed by atoms with Crippen LogP contribution in [0.5, 0.6) is 17.2 Å². The fourth-order valence-corrected chi connectivity index (χ4v) is 6.13. The second-order valence-electron chi connectivity index (χ2n) is 10.1. The van der Waals surface area contributed by atoms with Crippen LogP contribution in [0.15, 0.2) is 72.8 Å². The molecule has 3 aliphatic rings. The van der Waals surface area contributed by atoms with Gasteiger partial charge in [-0.1, -0.05) is 36.4 Å². The third-order valence-electron chi connectivity index (χ3n) is 7.76. The van der Waals surface area contributed by atoms with Crippen molar-refractivity contribution in [3.8, 4) is 17.2 Å². The van der Waals surface area contributed by atoms with Gasteiger partial charge in [0.05, 0.1) is 43.5 Å². The molecule has 3 N–H and O–H groups in total. The third kappa shape index (κ3) is 4.27. The number of epoxide rings is 3. The summed E-state index contributed by atoms with van der Waals surface area (Å²) in [4.78, 5) is 0. The summed E-state index contributed by atoms with van der Waals surface area (Å²) < 4.78 is 17.5. The Kier molecular flexibility index (Phi) is 5.48. The minimum Gasteiger partial charge on any atom is -0.508 e. The van der Waals surface area contributed by atoms with Crippen molar-refractivity contribution in [2.75, 3.05) is 19.8 Å². The van der Waals surface area contributed by atoms with Crippen LogP contribution in [0.1, 0.15) is 36.0 Å². The zero-order chi connectivity index (χ0) is 24.0. The van der Waals surface area contributed by atoms with E-state index in [-0.39, 0.29) is 41.0 Å². The molecule has 6 nitrogen and oxygen atoms in total. The van der Waals surface area contributed by atoms with Gasteiger partial charge in [-0.25, -0.2) is 0 Å². The highest BCUT2D eigenvalue weighted by Crippen LogP contribution is 2.61. The van der Waals surface area contributed by atoms with Gasteiger partial charge in [0, 0.05) is 0 Å². The van der Waals surface area contributed by atoms with E-state index in [4.69, 9.17) is 14.2 Å². The summed E-state index contributed by atoms with van der Waals surface area (Å²) >= 11 is 0. The Morgan fingerprint density at radius 1 is 0.514 bits per heavy atom. The van der Waals surface area contributed by atoms with E-state index in [1.54, 1.807) is 36.4 Å². The summed E-state index contributed by atoms with van der Waals surface area (Å²) in [5.41, 5.74) is 2.02. The molecule has 35 heavy (non-hydrogen) atoms. The van der Waals surface area contributed by atoms with Gasteiger partial charge < -0.3 is 29.5 Å². The largest absolute Gasteiger partial charge is 0.508 e. The van der Waals surface area contributed by atoms with Crippen molar-refractivity contribution in [1.82, 2.24) is 0 Å². The Bertz CT molecular complexity index is 1010. The van der Waals surface area contributed by atoms with Crippen LogP contribution >= 0.6 is 0 Å². The molecule has 182 valence electrons. The molecular weight excluding hydrogens is 444 g/mol. The van der Waals surface area contributed by atoms with Gasteiger partial charge in [0.25, 0.3) is 0 Å². The fourth-order valence-electron chi connectivity index (χ4n) is 6.13. The molecule has 3 fully saturated rings. The molecule has 0 spiro atoms. The summed E-state index contributed by atoms with van der Waals surface area (Å²) in [5, 5.41) is 30.5. The van der Waals surface area contributed by atoms with Gasteiger partial charge in [-0.05, 0) is 77.8 Å². The van der Waals surface area contributed by atoms with Crippen LogP contribution in [-0.2, 0) is 19.6 Å². The molecule has 3 atom stereocenters. The van der Waals surface area contributed by atoms with Gasteiger partial charge in [0.1, 0.15) is 17.2 Å². The monoisotopic (exact) mass is 474 g/mol. The van der Waals surface area contributed by atoms with Crippen LogP contribution in [0.4, 0.5) is 0 Å². The minimum atomic E-state index is -0.689. The van der Waals surface area contributed by atoms with Crippen molar-refractivity contribution in [3.05, 3.63) is 89.5 Å². The number of ether oxygens (including phenoxy) is 3. The molecule has 0 aliphatic carbocycles. The number of phenols is 3. The quantitative estimate of drug-likeness (QED) is 0.296. The molecular formula is C29H30O6. The van der Waals surface area contributed by atoms with Crippen LogP contribution in [0.25, 0.3) is 0 Å². The molecule has 3 heterocycles. The lowest BCUT2D eigenvalue weighted by atomic mass is 9.49. The van der Waals surface area contributed by atoms with E-state index >= 15 is 0 Å². The highest BCUT2D eigenvalue weighted by molar-refractivity contribution is 5.55. The molecule has 6 rings (SSSR count). The molecule has 0 aromatic heterocycles. The maximum absolute atomic E-state index is 10.2. The maximum atomic E-state index is 10.2. The molecule has 6 heteroatoms. The zero-order valence-electron chi connectivity index (χ0n) is 19.5. The van der Waals surface area contributed by atoms with E-state index in [1.807, 2.05) is 36.4 Å². The van der Waals surface area contributed by atoms with Crippen LogP contribution in [0.3, 0.4) is 0 Å². The van der Waals surface area contributed by atoms with Gasteiger partial charge >= 0.3 is 0 Å². The first-order chi connectivity index (χ1) is 17.0. The average Bonchev–Trinajstić information content (AvgIpc) is 3.69. The van der Waals surface area contributed by atoms with E-state index in [9.17, 15) is 15.3 Å². The molecule has 0 amide bonds. The Balaban J connectivity index is 1.68. The Morgan fingerprint density at radius 2 is 0.771 bits per heavy atom. The van der Waals surface area contributed by atoms with Crippen LogP contribution in [-0.4, -0.2) is 53.5 Å². The Labute approximate surface area is 204 Å². The Hall–Kier alpha value is -3.06. The fraction of sp³-hybridized carbons (Fsp3) is 0.379. The van der Waals surface area contributed by atoms with Crippen molar-refractivity contribution in [3.63, 3.8) is 0 Å². The number of hydrogen-bond donors (Lipinski definition) is 3. The maximum Gasteiger partial charge on any atom is 0.115 e. The molecule has 3 unspecified atom stereocenters. The van der Waals surface area contributed by atoms with E-state index in [2.05, 4.69) is 0 Å². The van der Waals surface area contributed by atoms with Gasteiger partial charge in [-0.2, -0.15) is 0 Å². The van der Waals surface area contributed by atoms with E-state index in [0.29, 0.717) is 0 Å². The SMILES string of the molecule is Oc1ccc(C(c2ccc(O)cc2)(c2ccc(O)cc2)C(CC2CO2)(CC2CO2)CC2CO2)cc1. The number of hydrogen-bond acceptors (Lipinski definition) is 6. The number of benzene rings is 3. The molecule has 3 saturated heterocycles.